The van der Waals surface area contributed by atoms with Crippen molar-refractivity contribution < 1.29 is 9.59 Å². The average molecular weight is 345 g/mol. The highest BCUT2D eigenvalue weighted by Gasteiger charge is 2.12. The van der Waals surface area contributed by atoms with Crippen molar-refractivity contribution in [3.05, 3.63) is 56.8 Å². The molecule has 0 aliphatic heterocycles. The molecular formula is C13H8Cl3N3O2. The fourth-order valence-corrected chi connectivity index (χ4v) is 1.95. The van der Waals surface area contributed by atoms with Crippen molar-refractivity contribution in [3.63, 3.8) is 0 Å². The number of pyridine rings is 1. The Hall–Kier alpha value is -1.82. The Balaban J connectivity index is 2.28. The van der Waals surface area contributed by atoms with Crippen LogP contribution < -0.4 is 11.1 Å². The van der Waals surface area contributed by atoms with E-state index in [4.69, 9.17) is 40.5 Å². The van der Waals surface area contributed by atoms with E-state index in [9.17, 15) is 9.59 Å². The van der Waals surface area contributed by atoms with Gasteiger partial charge in [-0.3, -0.25) is 9.59 Å². The zero-order valence-electron chi connectivity index (χ0n) is 10.4. The molecule has 5 nitrogen and oxygen atoms in total. The van der Waals surface area contributed by atoms with Crippen LogP contribution in [-0.4, -0.2) is 16.8 Å². The highest BCUT2D eigenvalue weighted by Crippen LogP contribution is 2.25. The molecule has 0 saturated carbocycles. The van der Waals surface area contributed by atoms with E-state index in [0.717, 1.165) is 0 Å². The molecule has 3 N–H and O–H groups in total. The van der Waals surface area contributed by atoms with Crippen LogP contribution in [0.1, 0.15) is 20.7 Å². The fourth-order valence-electron chi connectivity index (χ4n) is 1.51. The maximum Gasteiger partial charge on any atom is 0.257 e. The van der Waals surface area contributed by atoms with E-state index < -0.39 is 11.8 Å². The number of hydrogen-bond donors (Lipinski definition) is 2. The number of halogens is 3. The number of carbonyl (C=O) groups is 2. The minimum Gasteiger partial charge on any atom is -0.366 e. The molecule has 2 rings (SSSR count). The normalized spacial score (nSPS) is 10.2. The van der Waals surface area contributed by atoms with Crippen LogP contribution in [0.3, 0.4) is 0 Å². The molecule has 1 aromatic heterocycles. The second-order valence-electron chi connectivity index (χ2n) is 4.01. The van der Waals surface area contributed by atoms with Crippen LogP contribution in [-0.2, 0) is 0 Å². The number of nitrogens with two attached hydrogens (primary N) is 1. The number of rotatable bonds is 3. The van der Waals surface area contributed by atoms with Crippen LogP contribution in [0.2, 0.25) is 15.2 Å². The third kappa shape index (κ3) is 3.64. The van der Waals surface area contributed by atoms with Crippen molar-refractivity contribution in [2.75, 3.05) is 5.32 Å². The third-order valence-corrected chi connectivity index (χ3v) is 3.57. The maximum absolute atomic E-state index is 12.1. The molecule has 2 aromatic rings. The number of nitrogens with one attached hydrogen (secondary N) is 1. The van der Waals surface area contributed by atoms with Crippen LogP contribution >= 0.6 is 34.8 Å². The van der Waals surface area contributed by atoms with Crippen LogP contribution in [0.4, 0.5) is 5.69 Å². The SMILES string of the molecule is NC(=O)c1ccc(Cl)c(NC(=O)c2cnc(Cl)c(Cl)c2)c1. The predicted octanol–water partition coefficient (Wildman–Crippen LogP) is 3.39. The molecular weight excluding hydrogens is 337 g/mol. The summed E-state index contributed by atoms with van der Waals surface area (Å²) in [6.07, 6.45) is 1.27. The first-order valence-corrected chi connectivity index (χ1v) is 6.73. The minimum absolute atomic E-state index is 0.0991. The van der Waals surface area contributed by atoms with E-state index in [-0.39, 0.29) is 32.0 Å². The van der Waals surface area contributed by atoms with Crippen LogP contribution in [0, 0.1) is 0 Å². The highest BCUT2D eigenvalue weighted by molar-refractivity contribution is 6.41. The molecule has 0 fully saturated rings. The van der Waals surface area contributed by atoms with Gasteiger partial charge in [-0.15, -0.1) is 0 Å². The number of hydrogen-bond acceptors (Lipinski definition) is 3. The number of benzene rings is 1. The molecule has 0 bridgehead atoms. The molecule has 0 aliphatic carbocycles. The Morgan fingerprint density at radius 2 is 1.76 bits per heavy atom. The van der Waals surface area contributed by atoms with Gasteiger partial charge in [-0.1, -0.05) is 34.8 Å². The lowest BCUT2D eigenvalue weighted by molar-refractivity contribution is 0.0996. The van der Waals surface area contributed by atoms with Gasteiger partial charge in [-0.05, 0) is 24.3 Å². The van der Waals surface area contributed by atoms with Gasteiger partial charge in [0.2, 0.25) is 5.91 Å². The molecule has 0 radical (unpaired) electrons. The Kier molecular flexibility index (Phi) is 4.67. The molecule has 0 saturated heterocycles. The Labute approximate surface area is 135 Å². The summed E-state index contributed by atoms with van der Waals surface area (Å²) in [4.78, 5) is 27.0. The molecule has 2 amide bonds. The van der Waals surface area contributed by atoms with Gasteiger partial charge >= 0.3 is 0 Å². The second-order valence-corrected chi connectivity index (χ2v) is 5.18. The second kappa shape index (κ2) is 6.30. The largest absolute Gasteiger partial charge is 0.366 e. The lowest BCUT2D eigenvalue weighted by Gasteiger charge is -2.08. The molecule has 1 heterocycles. The zero-order chi connectivity index (χ0) is 15.6. The molecule has 8 heteroatoms. The number of anilines is 1. The monoisotopic (exact) mass is 343 g/mol. The van der Waals surface area contributed by atoms with Crippen molar-refractivity contribution in [3.8, 4) is 0 Å². The molecule has 108 valence electrons. The summed E-state index contributed by atoms with van der Waals surface area (Å²) < 4.78 is 0. The van der Waals surface area contributed by atoms with Crippen LogP contribution in [0.5, 0.6) is 0 Å². The van der Waals surface area contributed by atoms with Gasteiger partial charge in [0, 0.05) is 11.8 Å². The van der Waals surface area contributed by atoms with Gasteiger partial charge in [0.15, 0.2) is 0 Å². The lowest BCUT2D eigenvalue weighted by atomic mass is 10.2. The van der Waals surface area contributed by atoms with Gasteiger partial charge in [-0.25, -0.2) is 4.98 Å². The quantitative estimate of drug-likeness (QED) is 0.837. The average Bonchev–Trinajstić information content (AvgIpc) is 2.43. The van der Waals surface area contributed by atoms with Crippen molar-refractivity contribution >= 4 is 52.3 Å². The first-order valence-electron chi connectivity index (χ1n) is 5.60. The van der Waals surface area contributed by atoms with E-state index in [0.29, 0.717) is 0 Å². The van der Waals surface area contributed by atoms with Crippen molar-refractivity contribution in [2.45, 2.75) is 0 Å². The molecule has 21 heavy (non-hydrogen) atoms. The first-order chi connectivity index (χ1) is 9.88. The summed E-state index contributed by atoms with van der Waals surface area (Å²) >= 11 is 17.4. The van der Waals surface area contributed by atoms with Gasteiger partial charge in [0.25, 0.3) is 5.91 Å². The van der Waals surface area contributed by atoms with E-state index in [1.165, 1.54) is 30.5 Å². The summed E-state index contributed by atoms with van der Waals surface area (Å²) in [5.41, 5.74) is 5.85. The molecule has 1 aromatic carbocycles. The van der Waals surface area contributed by atoms with Crippen molar-refractivity contribution in [1.29, 1.82) is 0 Å². The summed E-state index contributed by atoms with van der Waals surface area (Å²) in [5, 5.41) is 3.07. The maximum atomic E-state index is 12.1. The van der Waals surface area contributed by atoms with Gasteiger partial charge in [-0.2, -0.15) is 0 Å². The fraction of sp³-hybridized carbons (Fsp3) is 0. The number of amides is 2. The Morgan fingerprint density at radius 1 is 1.05 bits per heavy atom. The predicted molar refractivity (Wildman–Crippen MR) is 82.2 cm³/mol. The lowest BCUT2D eigenvalue weighted by Crippen LogP contribution is -2.15. The van der Waals surface area contributed by atoms with Gasteiger partial charge < -0.3 is 11.1 Å². The zero-order valence-corrected chi connectivity index (χ0v) is 12.6. The molecule has 0 spiro atoms. The van der Waals surface area contributed by atoms with Crippen LogP contribution in [0.15, 0.2) is 30.5 Å². The molecule has 0 aliphatic rings. The smallest absolute Gasteiger partial charge is 0.257 e. The van der Waals surface area contributed by atoms with Crippen molar-refractivity contribution in [1.82, 2.24) is 4.98 Å². The number of nitrogens with zero attached hydrogens (tertiary/aromatic N) is 1. The molecule has 0 atom stereocenters. The summed E-state index contributed by atoms with van der Waals surface area (Å²) in [6.45, 7) is 0. The van der Waals surface area contributed by atoms with Gasteiger partial charge in [0.1, 0.15) is 5.15 Å². The first kappa shape index (κ1) is 15.6. The van der Waals surface area contributed by atoms with E-state index >= 15 is 0 Å². The Bertz CT molecular complexity index is 735. The summed E-state index contributed by atoms with van der Waals surface area (Å²) in [6, 6.07) is 5.68. The standard InChI is InChI=1S/C13H8Cl3N3O2/c14-8-2-1-6(12(17)20)4-10(8)19-13(21)7-3-9(15)11(16)18-5-7/h1-5H,(H2,17,20)(H,19,21). The summed E-state index contributed by atoms with van der Waals surface area (Å²) in [7, 11) is 0. The number of aromatic nitrogens is 1. The topological polar surface area (TPSA) is 85.1 Å². The number of carbonyl (C=O) groups excluding carboxylic acids is 2. The Morgan fingerprint density at radius 3 is 2.38 bits per heavy atom. The van der Waals surface area contributed by atoms with Gasteiger partial charge in [0.05, 0.1) is 21.3 Å². The van der Waals surface area contributed by atoms with E-state index in [2.05, 4.69) is 10.3 Å². The van der Waals surface area contributed by atoms with Crippen molar-refractivity contribution in [2.24, 2.45) is 5.73 Å². The third-order valence-electron chi connectivity index (χ3n) is 2.56. The molecule has 0 unspecified atom stereocenters. The highest BCUT2D eigenvalue weighted by atomic mass is 35.5. The number of primary amides is 1. The van der Waals surface area contributed by atoms with E-state index in [1.54, 1.807) is 0 Å². The van der Waals surface area contributed by atoms with E-state index in [1.807, 2.05) is 0 Å². The van der Waals surface area contributed by atoms with Crippen LogP contribution in [0.25, 0.3) is 0 Å². The minimum atomic E-state index is -0.627. The summed E-state index contributed by atoms with van der Waals surface area (Å²) in [5.74, 6) is -1.12.